The zero-order valence-electron chi connectivity index (χ0n) is 10.8. The van der Waals surface area contributed by atoms with Crippen LogP contribution in [0.3, 0.4) is 0 Å². The molecular weight excluding hydrogens is 269 g/mol. The maximum Gasteiger partial charge on any atom is 0.259 e. The number of nitrogens with zero attached hydrogens (tertiary/aromatic N) is 1. The molecule has 2 heterocycles. The molecule has 1 amide bonds. The van der Waals surface area contributed by atoms with Crippen LogP contribution < -0.4 is 5.32 Å². The number of piperidine rings is 1. The van der Waals surface area contributed by atoms with Gasteiger partial charge in [-0.05, 0) is 31.3 Å². The summed E-state index contributed by atoms with van der Waals surface area (Å²) in [4.78, 5) is 13.7. The van der Waals surface area contributed by atoms with Crippen molar-refractivity contribution >= 4 is 5.91 Å². The maximum absolute atomic E-state index is 13.6. The van der Waals surface area contributed by atoms with Crippen molar-refractivity contribution in [2.45, 2.75) is 6.42 Å². The number of carbonyl (C=O) groups is 1. The summed E-state index contributed by atoms with van der Waals surface area (Å²) in [5, 5.41) is 3.26. The summed E-state index contributed by atoms with van der Waals surface area (Å²) >= 11 is 0. The van der Waals surface area contributed by atoms with Crippen molar-refractivity contribution in [3.63, 3.8) is 0 Å². The highest BCUT2D eigenvalue weighted by Crippen LogP contribution is 2.28. The van der Waals surface area contributed by atoms with Gasteiger partial charge in [-0.2, -0.15) is 0 Å². The van der Waals surface area contributed by atoms with E-state index >= 15 is 0 Å². The zero-order chi connectivity index (χ0) is 14.3. The Morgan fingerprint density at radius 3 is 2.50 bits per heavy atom. The molecule has 6 heteroatoms. The Hall–Kier alpha value is -1.56. The molecule has 3 nitrogen and oxygen atoms in total. The minimum Gasteiger partial charge on any atom is -0.338 e. The van der Waals surface area contributed by atoms with Crippen molar-refractivity contribution < 1.29 is 18.0 Å². The first-order valence-electron chi connectivity index (χ1n) is 6.71. The fourth-order valence-corrected chi connectivity index (χ4v) is 3.12. The standard InChI is InChI=1S/C14H15F3N2O/c15-10-3-11(16)13(12(17)4-10)14(20)19-2-1-8-5-18-6-9(8)7-19/h3-4,8-9,18H,1-2,5-7H2. The average Bonchev–Trinajstić information content (AvgIpc) is 2.84. The molecular formula is C14H15F3N2O. The Morgan fingerprint density at radius 2 is 1.80 bits per heavy atom. The Bertz CT molecular complexity index is 526. The van der Waals surface area contributed by atoms with Crippen LogP contribution in [0, 0.1) is 29.3 Å². The van der Waals surface area contributed by atoms with Crippen molar-refractivity contribution in [3.05, 3.63) is 35.1 Å². The second kappa shape index (κ2) is 5.09. The molecule has 2 atom stereocenters. The van der Waals surface area contributed by atoms with Crippen LogP contribution in [0.1, 0.15) is 16.8 Å². The summed E-state index contributed by atoms with van der Waals surface area (Å²) < 4.78 is 40.2. The van der Waals surface area contributed by atoms with E-state index in [-0.39, 0.29) is 0 Å². The first-order chi connectivity index (χ1) is 9.56. The first kappa shape index (κ1) is 13.4. The maximum atomic E-state index is 13.6. The van der Waals surface area contributed by atoms with Crippen LogP contribution in [0.4, 0.5) is 13.2 Å². The average molecular weight is 284 g/mol. The van der Waals surface area contributed by atoms with Crippen molar-refractivity contribution in [1.29, 1.82) is 0 Å². The van der Waals surface area contributed by atoms with E-state index in [0.29, 0.717) is 37.1 Å². The van der Waals surface area contributed by atoms with Gasteiger partial charge < -0.3 is 10.2 Å². The molecule has 0 aromatic heterocycles. The van der Waals surface area contributed by atoms with Crippen LogP contribution in [-0.4, -0.2) is 37.0 Å². The molecule has 0 bridgehead atoms. The monoisotopic (exact) mass is 284 g/mol. The van der Waals surface area contributed by atoms with Gasteiger partial charge in [-0.15, -0.1) is 0 Å². The molecule has 2 fully saturated rings. The molecule has 0 radical (unpaired) electrons. The van der Waals surface area contributed by atoms with E-state index in [2.05, 4.69) is 5.32 Å². The fourth-order valence-electron chi connectivity index (χ4n) is 3.12. The molecule has 20 heavy (non-hydrogen) atoms. The van der Waals surface area contributed by atoms with Crippen molar-refractivity contribution in [3.8, 4) is 0 Å². The number of amides is 1. The number of rotatable bonds is 1. The van der Waals surface area contributed by atoms with Gasteiger partial charge in [0.15, 0.2) is 0 Å². The van der Waals surface area contributed by atoms with Gasteiger partial charge in [0, 0.05) is 25.2 Å². The Labute approximate surface area is 114 Å². The van der Waals surface area contributed by atoms with Gasteiger partial charge in [-0.25, -0.2) is 13.2 Å². The van der Waals surface area contributed by atoms with Crippen molar-refractivity contribution in [2.24, 2.45) is 11.8 Å². The van der Waals surface area contributed by atoms with Gasteiger partial charge in [-0.3, -0.25) is 4.79 Å². The number of benzene rings is 1. The molecule has 0 saturated carbocycles. The van der Waals surface area contributed by atoms with Gasteiger partial charge in [0.05, 0.1) is 0 Å². The number of nitrogens with one attached hydrogen (secondary N) is 1. The number of carbonyl (C=O) groups excluding carboxylic acids is 1. The first-order valence-corrected chi connectivity index (χ1v) is 6.71. The van der Waals surface area contributed by atoms with Gasteiger partial charge in [0.25, 0.3) is 5.91 Å². The second-order valence-corrected chi connectivity index (χ2v) is 5.46. The Morgan fingerprint density at radius 1 is 1.15 bits per heavy atom. The molecule has 2 unspecified atom stereocenters. The van der Waals surface area contributed by atoms with Crippen LogP contribution in [0.15, 0.2) is 12.1 Å². The zero-order valence-corrected chi connectivity index (χ0v) is 10.8. The minimum absolute atomic E-state index is 0.333. The van der Waals surface area contributed by atoms with E-state index in [1.165, 1.54) is 4.90 Å². The third-order valence-electron chi connectivity index (χ3n) is 4.21. The van der Waals surface area contributed by atoms with Crippen molar-refractivity contribution in [2.75, 3.05) is 26.2 Å². The van der Waals surface area contributed by atoms with E-state index in [9.17, 15) is 18.0 Å². The van der Waals surface area contributed by atoms with E-state index in [1.807, 2.05) is 0 Å². The smallest absolute Gasteiger partial charge is 0.259 e. The highest BCUT2D eigenvalue weighted by molar-refractivity contribution is 5.94. The lowest BCUT2D eigenvalue weighted by Gasteiger charge is -2.34. The number of likely N-dealkylation sites (tertiary alicyclic amines) is 1. The quantitative estimate of drug-likeness (QED) is 0.852. The molecule has 2 saturated heterocycles. The lowest BCUT2D eigenvalue weighted by Crippen LogP contribution is -2.44. The Kier molecular flexibility index (Phi) is 3.41. The highest BCUT2D eigenvalue weighted by atomic mass is 19.1. The predicted molar refractivity (Wildman–Crippen MR) is 66.7 cm³/mol. The molecule has 1 N–H and O–H groups in total. The minimum atomic E-state index is -1.14. The van der Waals surface area contributed by atoms with E-state index < -0.39 is 28.9 Å². The van der Waals surface area contributed by atoms with Gasteiger partial charge >= 0.3 is 0 Å². The van der Waals surface area contributed by atoms with Gasteiger partial charge in [-0.1, -0.05) is 0 Å². The molecule has 0 spiro atoms. The molecule has 1 aromatic rings. The number of halogens is 3. The molecule has 2 aliphatic heterocycles. The molecule has 2 aliphatic rings. The number of hydrogen-bond acceptors (Lipinski definition) is 2. The lowest BCUT2D eigenvalue weighted by atomic mass is 9.88. The summed E-state index contributed by atoms with van der Waals surface area (Å²) in [5.41, 5.74) is -0.657. The largest absolute Gasteiger partial charge is 0.338 e. The second-order valence-electron chi connectivity index (χ2n) is 5.46. The summed E-state index contributed by atoms with van der Waals surface area (Å²) in [6, 6.07) is 1.08. The van der Waals surface area contributed by atoms with E-state index in [1.54, 1.807) is 0 Å². The molecule has 0 aliphatic carbocycles. The summed E-state index contributed by atoms with van der Waals surface area (Å²) in [5.74, 6) is -3.12. The number of hydrogen-bond donors (Lipinski definition) is 1. The Balaban J connectivity index is 1.82. The highest BCUT2D eigenvalue weighted by Gasteiger charge is 2.36. The van der Waals surface area contributed by atoms with Crippen LogP contribution in [0.25, 0.3) is 0 Å². The fraction of sp³-hybridized carbons (Fsp3) is 0.500. The summed E-state index contributed by atoms with van der Waals surface area (Å²) in [6.45, 7) is 2.74. The van der Waals surface area contributed by atoms with Crippen LogP contribution >= 0.6 is 0 Å². The SMILES string of the molecule is O=C(c1c(F)cc(F)cc1F)N1CCC2CNCC2C1. The molecule has 3 rings (SSSR count). The van der Waals surface area contributed by atoms with E-state index in [0.717, 1.165) is 19.5 Å². The molecule has 1 aromatic carbocycles. The van der Waals surface area contributed by atoms with Crippen LogP contribution in [0.2, 0.25) is 0 Å². The third kappa shape index (κ3) is 2.28. The summed E-state index contributed by atoms with van der Waals surface area (Å²) in [6.07, 6.45) is 0.827. The number of fused-ring (bicyclic) bond motifs is 1. The van der Waals surface area contributed by atoms with Crippen LogP contribution in [-0.2, 0) is 0 Å². The van der Waals surface area contributed by atoms with Gasteiger partial charge in [0.2, 0.25) is 0 Å². The topological polar surface area (TPSA) is 32.3 Å². The lowest BCUT2D eigenvalue weighted by molar-refractivity contribution is 0.0632. The van der Waals surface area contributed by atoms with Crippen LogP contribution in [0.5, 0.6) is 0 Å². The summed E-state index contributed by atoms with van der Waals surface area (Å²) in [7, 11) is 0. The molecule has 108 valence electrons. The third-order valence-corrected chi connectivity index (χ3v) is 4.21. The normalized spacial score (nSPS) is 25.6. The predicted octanol–water partition coefficient (Wildman–Crippen LogP) is 1.79. The van der Waals surface area contributed by atoms with Gasteiger partial charge in [0.1, 0.15) is 23.0 Å². The van der Waals surface area contributed by atoms with E-state index in [4.69, 9.17) is 0 Å². The van der Waals surface area contributed by atoms with Crippen molar-refractivity contribution in [1.82, 2.24) is 10.2 Å².